The van der Waals surface area contributed by atoms with Crippen LogP contribution in [0.25, 0.3) is 0 Å². The summed E-state index contributed by atoms with van der Waals surface area (Å²) in [5.74, 6) is -0.601. The first kappa shape index (κ1) is 11.9. The monoisotopic (exact) mass is 243 g/mol. The second-order valence-electron chi connectivity index (χ2n) is 3.71. The zero-order valence-corrected chi connectivity index (χ0v) is 9.87. The van der Waals surface area contributed by atoms with Crippen molar-refractivity contribution in [2.45, 2.75) is 0 Å². The molecule has 18 heavy (non-hydrogen) atoms. The smallest absolute Gasteiger partial charge is 0.292 e. The molecule has 0 aliphatic rings. The van der Waals surface area contributed by atoms with Crippen LogP contribution >= 0.6 is 0 Å². The maximum Gasteiger partial charge on any atom is 0.292 e. The molecule has 2 aromatic rings. The third-order valence-corrected chi connectivity index (χ3v) is 2.41. The summed E-state index contributed by atoms with van der Waals surface area (Å²) in [6.45, 7) is 0. The molecular formula is C13H13N3O2. The van der Waals surface area contributed by atoms with Crippen LogP contribution in [0.5, 0.6) is 5.75 Å². The Morgan fingerprint density at radius 3 is 2.61 bits per heavy atom. The van der Waals surface area contributed by atoms with Crippen molar-refractivity contribution < 1.29 is 9.90 Å². The van der Waals surface area contributed by atoms with Gasteiger partial charge < -0.3 is 5.11 Å². The van der Waals surface area contributed by atoms with E-state index in [4.69, 9.17) is 0 Å². The van der Waals surface area contributed by atoms with E-state index in [0.717, 1.165) is 5.69 Å². The van der Waals surface area contributed by atoms with Crippen LogP contribution in [0.3, 0.4) is 0 Å². The van der Waals surface area contributed by atoms with E-state index in [9.17, 15) is 9.90 Å². The normalized spacial score (nSPS) is 9.83. The van der Waals surface area contributed by atoms with Gasteiger partial charge in [0.2, 0.25) is 0 Å². The number of carbonyl (C=O) groups is 1. The summed E-state index contributed by atoms with van der Waals surface area (Å²) >= 11 is 0. The minimum absolute atomic E-state index is 0.000260. The van der Waals surface area contributed by atoms with Crippen molar-refractivity contribution in [2.24, 2.45) is 0 Å². The van der Waals surface area contributed by atoms with Crippen LogP contribution in [0.15, 0.2) is 48.7 Å². The first-order valence-electron chi connectivity index (χ1n) is 5.42. The highest BCUT2D eigenvalue weighted by molar-refractivity contribution is 5.95. The summed E-state index contributed by atoms with van der Waals surface area (Å²) in [5.41, 5.74) is 3.46. The average molecular weight is 243 g/mol. The van der Waals surface area contributed by atoms with E-state index in [1.165, 1.54) is 12.3 Å². The number of pyridine rings is 1. The number of nitrogens with one attached hydrogen (secondary N) is 1. The van der Waals surface area contributed by atoms with Gasteiger partial charge in [-0.1, -0.05) is 18.2 Å². The van der Waals surface area contributed by atoms with Gasteiger partial charge in [-0.05, 0) is 24.3 Å². The number of anilines is 1. The van der Waals surface area contributed by atoms with Crippen molar-refractivity contribution >= 4 is 11.6 Å². The highest BCUT2D eigenvalue weighted by Gasteiger charge is 2.13. The van der Waals surface area contributed by atoms with Crippen molar-refractivity contribution in [1.82, 2.24) is 10.4 Å². The summed E-state index contributed by atoms with van der Waals surface area (Å²) in [5, 5.41) is 11.1. The molecule has 0 aliphatic carbocycles. The minimum Gasteiger partial charge on any atom is -0.505 e. The average Bonchev–Trinajstić information content (AvgIpc) is 2.40. The lowest BCUT2D eigenvalue weighted by Crippen LogP contribution is -2.39. The van der Waals surface area contributed by atoms with Crippen LogP contribution in [0.4, 0.5) is 5.69 Å². The van der Waals surface area contributed by atoms with Gasteiger partial charge in [0.15, 0.2) is 5.69 Å². The molecule has 0 atom stereocenters. The Bertz CT molecular complexity index is 543. The molecule has 5 nitrogen and oxygen atoms in total. The van der Waals surface area contributed by atoms with Gasteiger partial charge >= 0.3 is 0 Å². The largest absolute Gasteiger partial charge is 0.505 e. The van der Waals surface area contributed by atoms with E-state index < -0.39 is 5.91 Å². The van der Waals surface area contributed by atoms with Crippen molar-refractivity contribution in [2.75, 3.05) is 12.1 Å². The lowest BCUT2D eigenvalue weighted by atomic mass is 10.3. The van der Waals surface area contributed by atoms with Crippen LogP contribution in [0.1, 0.15) is 10.5 Å². The van der Waals surface area contributed by atoms with Crippen molar-refractivity contribution in [3.63, 3.8) is 0 Å². The maximum atomic E-state index is 11.9. The Labute approximate surface area is 105 Å². The molecule has 0 unspecified atom stereocenters. The first-order chi connectivity index (χ1) is 8.68. The molecule has 2 rings (SSSR count). The van der Waals surface area contributed by atoms with Gasteiger partial charge in [0.25, 0.3) is 5.91 Å². The zero-order valence-electron chi connectivity index (χ0n) is 9.87. The number of nitrogens with zero attached hydrogens (tertiary/aromatic N) is 2. The molecule has 1 aromatic heterocycles. The standard InChI is InChI=1S/C13H13N3O2/c1-16(10-6-3-2-4-7-10)15-13(18)12-11(17)8-5-9-14-12/h2-9,17H,1H3,(H,15,18). The fourth-order valence-electron chi connectivity index (χ4n) is 1.49. The van der Waals surface area contributed by atoms with E-state index in [0.29, 0.717) is 0 Å². The third-order valence-electron chi connectivity index (χ3n) is 2.41. The van der Waals surface area contributed by atoms with E-state index in [1.807, 2.05) is 30.3 Å². The highest BCUT2D eigenvalue weighted by Crippen LogP contribution is 2.13. The number of aromatic hydroxyl groups is 1. The fraction of sp³-hybridized carbons (Fsp3) is 0.0769. The molecule has 2 N–H and O–H groups in total. The number of rotatable bonds is 3. The van der Waals surface area contributed by atoms with Gasteiger partial charge in [-0.3, -0.25) is 15.2 Å². The first-order valence-corrected chi connectivity index (χ1v) is 5.42. The maximum absolute atomic E-state index is 11.9. The van der Waals surface area contributed by atoms with Gasteiger partial charge in [0.1, 0.15) is 5.75 Å². The molecule has 0 fully saturated rings. The van der Waals surface area contributed by atoms with Crippen LogP contribution < -0.4 is 10.4 Å². The number of aromatic nitrogens is 1. The highest BCUT2D eigenvalue weighted by atomic mass is 16.3. The number of benzene rings is 1. The van der Waals surface area contributed by atoms with E-state index in [2.05, 4.69) is 10.4 Å². The molecule has 1 heterocycles. The van der Waals surface area contributed by atoms with Crippen molar-refractivity contribution in [1.29, 1.82) is 0 Å². The SMILES string of the molecule is CN(NC(=O)c1ncccc1O)c1ccccc1. The molecule has 5 heteroatoms. The van der Waals surface area contributed by atoms with Gasteiger partial charge in [0.05, 0.1) is 5.69 Å². The predicted molar refractivity (Wildman–Crippen MR) is 68.2 cm³/mol. The molecular weight excluding hydrogens is 230 g/mol. The topological polar surface area (TPSA) is 65.5 Å². The third kappa shape index (κ3) is 2.57. The molecule has 0 saturated heterocycles. The van der Waals surface area contributed by atoms with Gasteiger partial charge in [-0.25, -0.2) is 4.98 Å². The molecule has 0 bridgehead atoms. The Hall–Kier alpha value is -2.56. The Kier molecular flexibility index (Phi) is 3.43. The van der Waals surface area contributed by atoms with Gasteiger partial charge in [0, 0.05) is 13.2 Å². The number of amides is 1. The summed E-state index contributed by atoms with van der Waals surface area (Å²) in [6, 6.07) is 12.3. The molecule has 0 aliphatic heterocycles. The molecule has 1 aromatic carbocycles. The number of hydrogen-bond donors (Lipinski definition) is 2. The van der Waals surface area contributed by atoms with Crippen LogP contribution in [-0.2, 0) is 0 Å². The van der Waals surface area contributed by atoms with Gasteiger partial charge in [-0.2, -0.15) is 0 Å². The summed E-state index contributed by atoms with van der Waals surface area (Å²) in [4.78, 5) is 15.7. The molecule has 1 amide bonds. The van der Waals surface area contributed by atoms with Crippen molar-refractivity contribution in [3.8, 4) is 5.75 Å². The number of hydrazine groups is 1. The Morgan fingerprint density at radius 1 is 1.22 bits per heavy atom. The van der Waals surface area contributed by atoms with Crippen LogP contribution in [0, 0.1) is 0 Å². The molecule has 0 saturated carbocycles. The molecule has 0 radical (unpaired) electrons. The quantitative estimate of drug-likeness (QED) is 0.803. The van der Waals surface area contributed by atoms with E-state index in [-0.39, 0.29) is 11.4 Å². The summed E-state index contributed by atoms with van der Waals surface area (Å²) in [7, 11) is 1.72. The number of carbonyl (C=O) groups excluding carboxylic acids is 1. The lowest BCUT2D eigenvalue weighted by Gasteiger charge is -2.19. The predicted octanol–water partition coefficient (Wildman–Crippen LogP) is 1.57. The Balaban J connectivity index is 2.11. The number of para-hydroxylation sites is 1. The lowest BCUT2D eigenvalue weighted by molar-refractivity contribution is 0.0943. The second-order valence-corrected chi connectivity index (χ2v) is 3.71. The van der Waals surface area contributed by atoms with E-state index >= 15 is 0 Å². The van der Waals surface area contributed by atoms with Crippen LogP contribution in [-0.4, -0.2) is 23.0 Å². The molecule has 0 spiro atoms. The summed E-state index contributed by atoms with van der Waals surface area (Å²) < 4.78 is 0. The number of hydrogen-bond acceptors (Lipinski definition) is 4. The van der Waals surface area contributed by atoms with Crippen LogP contribution in [0.2, 0.25) is 0 Å². The fourth-order valence-corrected chi connectivity index (χ4v) is 1.49. The minimum atomic E-state index is -0.459. The zero-order chi connectivity index (χ0) is 13.0. The van der Waals surface area contributed by atoms with Crippen molar-refractivity contribution in [3.05, 3.63) is 54.4 Å². The van der Waals surface area contributed by atoms with E-state index in [1.54, 1.807) is 18.1 Å². The Morgan fingerprint density at radius 2 is 1.94 bits per heavy atom. The summed E-state index contributed by atoms with van der Waals surface area (Å²) in [6.07, 6.45) is 1.46. The second kappa shape index (κ2) is 5.18. The molecule has 92 valence electrons. The van der Waals surface area contributed by atoms with Gasteiger partial charge in [-0.15, -0.1) is 0 Å².